The molecule has 0 saturated carbocycles. The number of ether oxygens (including phenoxy) is 1. The van der Waals surface area contributed by atoms with Crippen molar-refractivity contribution in [2.45, 2.75) is 18.5 Å². The molecule has 9 nitrogen and oxygen atoms in total. The van der Waals surface area contributed by atoms with Crippen molar-refractivity contribution in [2.75, 3.05) is 37.0 Å². The van der Waals surface area contributed by atoms with Crippen molar-refractivity contribution < 1.29 is 9.53 Å². The molecule has 3 saturated heterocycles. The first kappa shape index (κ1) is 16.9. The molecule has 3 aromatic rings. The number of nitrogens with one attached hydrogen (secondary N) is 1. The molecule has 9 heteroatoms. The van der Waals surface area contributed by atoms with Crippen LogP contribution in [0.1, 0.15) is 6.42 Å². The van der Waals surface area contributed by atoms with Crippen LogP contribution in [0.25, 0.3) is 5.65 Å². The second kappa shape index (κ2) is 6.75. The minimum Gasteiger partial charge on any atom is -0.497 e. The molecule has 2 aromatic heterocycles. The zero-order chi connectivity index (χ0) is 19.1. The van der Waals surface area contributed by atoms with Crippen LogP contribution in [-0.4, -0.2) is 69.4 Å². The number of aromatic nitrogens is 4. The highest BCUT2D eigenvalue weighted by atomic mass is 16.5. The summed E-state index contributed by atoms with van der Waals surface area (Å²) in [4.78, 5) is 17.0. The van der Waals surface area contributed by atoms with Gasteiger partial charge in [-0.05, 0) is 30.7 Å². The van der Waals surface area contributed by atoms with Crippen LogP contribution in [0.4, 0.5) is 11.5 Å². The van der Waals surface area contributed by atoms with E-state index in [1.165, 1.54) is 0 Å². The van der Waals surface area contributed by atoms with E-state index in [1.54, 1.807) is 18.0 Å². The summed E-state index contributed by atoms with van der Waals surface area (Å²) in [6.07, 6.45) is 2.73. The number of fused-ring (bicyclic) bond motifs is 3. The zero-order valence-corrected chi connectivity index (χ0v) is 15.5. The standard InChI is InChI=1S/C19H21N7O2/c1-28-16-4-2-3-13(7-16)21-19(27)11-25-14-8-15(25)10-24(9-14)18-6-5-17-22-20-12-26(17)23-18/h2-7,12,14-15H,8-11H2,1H3,(H,21,27). The fraction of sp³-hybridized carbons (Fsp3) is 0.368. The lowest BCUT2D eigenvalue weighted by Crippen LogP contribution is -2.69. The Balaban J connectivity index is 1.20. The lowest BCUT2D eigenvalue weighted by atomic mass is 9.87. The Hall–Kier alpha value is -3.20. The molecule has 3 aliphatic rings. The smallest absolute Gasteiger partial charge is 0.238 e. The van der Waals surface area contributed by atoms with Crippen LogP contribution in [0.2, 0.25) is 0 Å². The second-order valence-electron chi connectivity index (χ2n) is 7.23. The van der Waals surface area contributed by atoms with Crippen LogP contribution in [0.5, 0.6) is 5.75 Å². The number of piperidine rings is 1. The molecule has 1 amide bonds. The van der Waals surface area contributed by atoms with Crippen molar-refractivity contribution in [3.05, 3.63) is 42.7 Å². The van der Waals surface area contributed by atoms with E-state index in [-0.39, 0.29) is 5.91 Å². The molecule has 0 aliphatic carbocycles. The van der Waals surface area contributed by atoms with Gasteiger partial charge in [0.15, 0.2) is 5.65 Å². The predicted octanol–water partition coefficient (Wildman–Crippen LogP) is 1.03. The van der Waals surface area contributed by atoms with E-state index in [2.05, 4.69) is 30.4 Å². The molecule has 144 valence electrons. The number of piperazine rings is 1. The van der Waals surface area contributed by atoms with E-state index in [0.29, 0.717) is 18.6 Å². The number of benzene rings is 1. The summed E-state index contributed by atoms with van der Waals surface area (Å²) in [5, 5.41) is 15.4. The van der Waals surface area contributed by atoms with Crippen molar-refractivity contribution in [2.24, 2.45) is 0 Å². The summed E-state index contributed by atoms with van der Waals surface area (Å²) in [5.74, 6) is 1.65. The number of methoxy groups -OCH3 is 1. The third-order valence-corrected chi connectivity index (χ3v) is 5.50. The number of carbonyl (C=O) groups excluding carboxylic acids is 1. The maximum atomic E-state index is 12.5. The summed E-state index contributed by atoms with van der Waals surface area (Å²) in [5.41, 5.74) is 1.49. The number of amides is 1. The van der Waals surface area contributed by atoms with Crippen molar-refractivity contribution in [1.82, 2.24) is 24.7 Å². The van der Waals surface area contributed by atoms with E-state index < -0.39 is 0 Å². The van der Waals surface area contributed by atoms with Gasteiger partial charge in [-0.25, -0.2) is 0 Å². The predicted molar refractivity (Wildman–Crippen MR) is 104 cm³/mol. The lowest BCUT2D eigenvalue weighted by Gasteiger charge is -2.56. The van der Waals surface area contributed by atoms with Gasteiger partial charge in [-0.1, -0.05) is 6.07 Å². The third-order valence-electron chi connectivity index (χ3n) is 5.50. The van der Waals surface area contributed by atoms with Gasteiger partial charge in [0.05, 0.1) is 13.7 Å². The molecule has 5 heterocycles. The Morgan fingerprint density at radius 1 is 1.25 bits per heavy atom. The molecule has 1 N–H and O–H groups in total. The highest BCUT2D eigenvalue weighted by Gasteiger charge is 2.45. The van der Waals surface area contributed by atoms with Crippen molar-refractivity contribution in [3.63, 3.8) is 0 Å². The Labute approximate surface area is 161 Å². The van der Waals surface area contributed by atoms with Gasteiger partial charge in [0.1, 0.15) is 17.9 Å². The highest BCUT2D eigenvalue weighted by molar-refractivity contribution is 5.92. The van der Waals surface area contributed by atoms with Gasteiger partial charge in [-0.15, -0.1) is 15.3 Å². The van der Waals surface area contributed by atoms with Gasteiger partial charge < -0.3 is 15.0 Å². The quantitative estimate of drug-likeness (QED) is 0.708. The minimum absolute atomic E-state index is 0.000405. The van der Waals surface area contributed by atoms with Crippen LogP contribution in [0, 0.1) is 0 Å². The van der Waals surface area contributed by atoms with E-state index >= 15 is 0 Å². The molecule has 2 atom stereocenters. The van der Waals surface area contributed by atoms with Crippen molar-refractivity contribution in [3.8, 4) is 5.75 Å². The number of carbonyl (C=O) groups is 1. The molecule has 3 fully saturated rings. The van der Waals surface area contributed by atoms with Gasteiger partial charge in [0.25, 0.3) is 0 Å². The molecule has 2 bridgehead atoms. The maximum absolute atomic E-state index is 12.5. The first-order valence-electron chi connectivity index (χ1n) is 9.31. The summed E-state index contributed by atoms with van der Waals surface area (Å²) in [7, 11) is 1.61. The Kier molecular flexibility index (Phi) is 4.09. The first-order chi connectivity index (χ1) is 13.7. The van der Waals surface area contributed by atoms with E-state index in [0.717, 1.165) is 42.4 Å². The molecule has 0 spiro atoms. The average molecular weight is 379 g/mol. The normalized spacial score (nSPS) is 21.4. The summed E-state index contributed by atoms with van der Waals surface area (Å²) in [6.45, 7) is 2.13. The summed E-state index contributed by atoms with van der Waals surface area (Å²) in [6, 6.07) is 12.1. The van der Waals surface area contributed by atoms with Gasteiger partial charge in [-0.3, -0.25) is 9.69 Å². The molecular formula is C19H21N7O2. The number of nitrogens with zero attached hydrogens (tertiary/aromatic N) is 6. The van der Waals surface area contributed by atoms with Gasteiger partial charge in [0.2, 0.25) is 5.91 Å². The topological polar surface area (TPSA) is 87.9 Å². The molecule has 28 heavy (non-hydrogen) atoms. The lowest BCUT2D eigenvalue weighted by molar-refractivity contribution is -0.121. The molecule has 2 unspecified atom stereocenters. The van der Waals surface area contributed by atoms with Crippen LogP contribution in [0.3, 0.4) is 0 Å². The number of anilines is 2. The fourth-order valence-electron chi connectivity index (χ4n) is 4.09. The number of rotatable bonds is 5. The third kappa shape index (κ3) is 3.03. The van der Waals surface area contributed by atoms with Crippen LogP contribution in [0.15, 0.2) is 42.7 Å². The van der Waals surface area contributed by atoms with Gasteiger partial charge in [0, 0.05) is 36.9 Å². The monoisotopic (exact) mass is 379 g/mol. The Morgan fingerprint density at radius 2 is 2.11 bits per heavy atom. The maximum Gasteiger partial charge on any atom is 0.238 e. The fourth-order valence-corrected chi connectivity index (χ4v) is 4.09. The summed E-state index contributed by atoms with van der Waals surface area (Å²) >= 11 is 0. The second-order valence-corrected chi connectivity index (χ2v) is 7.23. The largest absolute Gasteiger partial charge is 0.497 e. The first-order valence-corrected chi connectivity index (χ1v) is 9.31. The van der Waals surface area contributed by atoms with Gasteiger partial charge in [-0.2, -0.15) is 4.52 Å². The average Bonchev–Trinajstić information content (AvgIpc) is 3.20. The van der Waals surface area contributed by atoms with E-state index in [9.17, 15) is 4.79 Å². The van der Waals surface area contributed by atoms with E-state index in [1.807, 2.05) is 36.4 Å². The van der Waals surface area contributed by atoms with Crippen LogP contribution >= 0.6 is 0 Å². The van der Waals surface area contributed by atoms with Crippen LogP contribution in [-0.2, 0) is 4.79 Å². The Bertz CT molecular complexity index is 1010. The number of hydrogen-bond acceptors (Lipinski definition) is 7. The molecule has 3 aliphatic heterocycles. The summed E-state index contributed by atoms with van der Waals surface area (Å²) < 4.78 is 6.89. The minimum atomic E-state index is 0.000405. The molecular weight excluding hydrogens is 358 g/mol. The molecule has 6 rings (SSSR count). The highest BCUT2D eigenvalue weighted by Crippen LogP contribution is 2.33. The van der Waals surface area contributed by atoms with Crippen LogP contribution < -0.4 is 15.0 Å². The molecule has 0 radical (unpaired) electrons. The van der Waals surface area contributed by atoms with Crippen molar-refractivity contribution in [1.29, 1.82) is 0 Å². The zero-order valence-electron chi connectivity index (χ0n) is 15.5. The SMILES string of the molecule is COc1cccc(NC(=O)CN2C3CC2CN(c2ccc4nncn4n2)C3)c1. The number of hydrogen-bond donors (Lipinski definition) is 1. The Morgan fingerprint density at radius 3 is 2.93 bits per heavy atom. The van der Waals surface area contributed by atoms with Gasteiger partial charge >= 0.3 is 0 Å². The van der Waals surface area contributed by atoms with E-state index in [4.69, 9.17) is 4.74 Å². The molecule has 1 aromatic carbocycles. The van der Waals surface area contributed by atoms with Crippen molar-refractivity contribution >= 4 is 23.1 Å².